The van der Waals surface area contributed by atoms with Gasteiger partial charge >= 0.3 is 5.97 Å². The van der Waals surface area contributed by atoms with Crippen LogP contribution in [-0.2, 0) is 25.6 Å². The monoisotopic (exact) mass is 483 g/mol. The summed E-state index contributed by atoms with van der Waals surface area (Å²) in [7, 11) is -1.18. The van der Waals surface area contributed by atoms with E-state index in [2.05, 4.69) is 34.2 Å². The molecule has 1 fully saturated rings. The number of ether oxygens (including phenoxy) is 2. The predicted molar refractivity (Wildman–Crippen MR) is 132 cm³/mol. The molecule has 0 aromatic carbocycles. The van der Waals surface area contributed by atoms with Gasteiger partial charge in [-0.1, -0.05) is 25.7 Å². The lowest BCUT2D eigenvalue weighted by atomic mass is 9.94. The van der Waals surface area contributed by atoms with Crippen LogP contribution in [0, 0.1) is 5.92 Å². The molecule has 1 aliphatic heterocycles. The standard InChI is InChI=1S/C23H41N3O4SSi/c1-8-30-22(27)20-15-18(16-26(20)17-29-13-14-32(5,6)7)21(19-11-9-10-12-24-19)25-31(28)23(2,3)4/h9-12,18,20-21,25H,8,13-17H2,1-7H3. The zero-order valence-corrected chi connectivity index (χ0v) is 22.5. The van der Waals surface area contributed by atoms with Crippen LogP contribution in [-0.4, -0.2) is 65.8 Å². The summed E-state index contributed by atoms with van der Waals surface area (Å²) in [5.74, 6) is -0.174. The molecule has 0 amide bonds. The summed E-state index contributed by atoms with van der Waals surface area (Å²) in [4.78, 5) is 19.3. The average Bonchev–Trinajstić information content (AvgIpc) is 3.12. The minimum atomic E-state index is -1.27. The van der Waals surface area contributed by atoms with Crippen molar-refractivity contribution >= 4 is 25.4 Å². The number of carbonyl (C=O) groups is 1. The first-order valence-electron chi connectivity index (χ1n) is 11.5. The molecule has 1 N–H and O–H groups in total. The first-order chi connectivity index (χ1) is 14.9. The molecule has 7 nitrogen and oxygen atoms in total. The Balaban J connectivity index is 2.18. The van der Waals surface area contributed by atoms with Gasteiger partial charge in [0.1, 0.15) is 10.8 Å². The Morgan fingerprint density at radius 3 is 2.66 bits per heavy atom. The Kier molecular flexibility index (Phi) is 10.2. The molecule has 1 saturated heterocycles. The maximum atomic E-state index is 13.0. The van der Waals surface area contributed by atoms with E-state index in [0.717, 1.165) is 11.7 Å². The van der Waals surface area contributed by atoms with E-state index >= 15 is 0 Å². The Labute approximate surface area is 198 Å². The molecule has 32 heavy (non-hydrogen) atoms. The maximum Gasteiger partial charge on any atom is 0.323 e. The van der Waals surface area contributed by atoms with E-state index in [4.69, 9.17) is 9.47 Å². The lowest BCUT2D eigenvalue weighted by Gasteiger charge is -2.30. The van der Waals surface area contributed by atoms with E-state index in [-0.39, 0.29) is 24.0 Å². The first-order valence-corrected chi connectivity index (χ1v) is 16.4. The third-order valence-corrected chi connectivity index (χ3v) is 8.80. The van der Waals surface area contributed by atoms with Crippen molar-refractivity contribution in [3.05, 3.63) is 30.1 Å². The second kappa shape index (κ2) is 11.9. The number of likely N-dealkylation sites (tertiary alicyclic amines) is 1. The van der Waals surface area contributed by atoms with Crippen molar-refractivity contribution in [2.45, 2.75) is 76.6 Å². The van der Waals surface area contributed by atoms with Crippen molar-refractivity contribution in [3.8, 4) is 0 Å². The smallest absolute Gasteiger partial charge is 0.323 e. The quantitative estimate of drug-likeness (QED) is 0.222. The largest absolute Gasteiger partial charge is 0.598 e. The average molecular weight is 484 g/mol. The number of nitrogens with zero attached hydrogens (tertiary/aromatic N) is 2. The van der Waals surface area contributed by atoms with Crippen molar-refractivity contribution in [2.24, 2.45) is 5.92 Å². The van der Waals surface area contributed by atoms with E-state index < -0.39 is 24.2 Å². The Bertz CT molecular complexity index is 711. The highest BCUT2D eigenvalue weighted by molar-refractivity contribution is 7.90. The Morgan fingerprint density at radius 2 is 2.09 bits per heavy atom. The fraction of sp³-hybridized carbons (Fsp3) is 0.739. The van der Waals surface area contributed by atoms with Gasteiger partial charge in [0, 0.05) is 38.8 Å². The SMILES string of the molecule is CCOC(=O)C1CC(C(N[S+]([O-])C(C)(C)C)c2ccccn2)CN1COCC[Si](C)(C)C. The molecule has 0 spiro atoms. The second-order valence-electron chi connectivity index (χ2n) is 10.6. The highest BCUT2D eigenvalue weighted by Crippen LogP contribution is 2.35. The molecule has 0 bridgehead atoms. The van der Waals surface area contributed by atoms with Crippen LogP contribution in [0.5, 0.6) is 0 Å². The van der Waals surface area contributed by atoms with Gasteiger partial charge in [0.2, 0.25) is 0 Å². The van der Waals surface area contributed by atoms with Crippen LogP contribution >= 0.6 is 0 Å². The molecule has 4 atom stereocenters. The van der Waals surface area contributed by atoms with E-state index in [9.17, 15) is 9.35 Å². The normalized spacial score (nSPS) is 22.0. The molecule has 1 aromatic rings. The van der Waals surface area contributed by atoms with Crippen LogP contribution in [0.2, 0.25) is 25.7 Å². The highest BCUT2D eigenvalue weighted by atomic mass is 32.2. The van der Waals surface area contributed by atoms with Gasteiger partial charge < -0.3 is 14.0 Å². The summed E-state index contributed by atoms with van der Waals surface area (Å²) < 4.78 is 27.2. The van der Waals surface area contributed by atoms with Gasteiger partial charge in [-0.05, 0) is 58.2 Å². The van der Waals surface area contributed by atoms with Crippen molar-refractivity contribution in [1.82, 2.24) is 14.6 Å². The van der Waals surface area contributed by atoms with Crippen LogP contribution in [0.15, 0.2) is 24.4 Å². The number of pyridine rings is 1. The molecule has 0 saturated carbocycles. The van der Waals surface area contributed by atoms with Gasteiger partial charge in [0.05, 0.1) is 25.1 Å². The van der Waals surface area contributed by atoms with Crippen LogP contribution in [0.3, 0.4) is 0 Å². The zero-order chi connectivity index (χ0) is 23.9. The number of nitrogens with one attached hydrogen (secondary N) is 1. The Hall–Kier alpha value is -0.973. The van der Waals surface area contributed by atoms with Crippen molar-refractivity contribution in [2.75, 3.05) is 26.5 Å². The number of esters is 1. The van der Waals surface area contributed by atoms with Crippen molar-refractivity contribution in [3.63, 3.8) is 0 Å². The van der Waals surface area contributed by atoms with Crippen LogP contribution < -0.4 is 4.72 Å². The van der Waals surface area contributed by atoms with Crippen LogP contribution in [0.1, 0.15) is 45.9 Å². The van der Waals surface area contributed by atoms with E-state index in [1.807, 2.05) is 45.9 Å². The second-order valence-corrected chi connectivity index (χ2v) is 18.2. The number of aromatic nitrogens is 1. The molecular weight excluding hydrogens is 442 g/mol. The van der Waals surface area contributed by atoms with Crippen LogP contribution in [0.25, 0.3) is 0 Å². The summed E-state index contributed by atoms with van der Waals surface area (Å²) in [5.41, 5.74) is 0.833. The van der Waals surface area contributed by atoms with Gasteiger partial charge in [0.15, 0.2) is 0 Å². The lowest BCUT2D eigenvalue weighted by Crippen LogP contribution is -2.44. The van der Waals surface area contributed by atoms with Gasteiger partial charge in [0.25, 0.3) is 0 Å². The number of hydrogen-bond donors (Lipinski definition) is 1. The molecule has 1 aliphatic rings. The topological polar surface area (TPSA) is 86.8 Å². The summed E-state index contributed by atoms with van der Waals surface area (Å²) >= 11 is -1.27. The number of carbonyl (C=O) groups excluding carboxylic acids is 1. The number of rotatable bonds is 11. The minimum Gasteiger partial charge on any atom is -0.598 e. The van der Waals surface area contributed by atoms with Gasteiger partial charge in [-0.15, -0.1) is 4.72 Å². The molecule has 182 valence electrons. The minimum absolute atomic E-state index is 0.0474. The summed E-state index contributed by atoms with van der Waals surface area (Å²) in [6.07, 6.45) is 2.35. The van der Waals surface area contributed by atoms with Crippen molar-refractivity contribution in [1.29, 1.82) is 0 Å². The molecule has 9 heteroatoms. The predicted octanol–water partition coefficient (Wildman–Crippen LogP) is 3.74. The molecule has 4 unspecified atom stereocenters. The molecule has 2 rings (SSSR count). The van der Waals surface area contributed by atoms with Crippen LogP contribution in [0.4, 0.5) is 0 Å². The molecule has 0 aliphatic carbocycles. The third kappa shape index (κ3) is 8.42. The number of hydrogen-bond acceptors (Lipinski definition) is 7. The fourth-order valence-electron chi connectivity index (χ4n) is 3.62. The van der Waals surface area contributed by atoms with Gasteiger partial charge in [-0.3, -0.25) is 14.7 Å². The highest BCUT2D eigenvalue weighted by Gasteiger charge is 2.44. The van der Waals surface area contributed by atoms with Gasteiger partial charge in [-0.25, -0.2) is 0 Å². The zero-order valence-electron chi connectivity index (χ0n) is 20.7. The third-order valence-electron chi connectivity index (χ3n) is 5.52. The molecule has 0 radical (unpaired) electrons. The van der Waals surface area contributed by atoms with E-state index in [1.54, 1.807) is 6.20 Å². The summed E-state index contributed by atoms with van der Waals surface area (Å²) in [6.45, 7) is 16.7. The van der Waals surface area contributed by atoms with E-state index in [1.165, 1.54) is 0 Å². The molecule has 2 heterocycles. The Morgan fingerprint density at radius 1 is 1.38 bits per heavy atom. The van der Waals surface area contributed by atoms with E-state index in [0.29, 0.717) is 32.9 Å². The first kappa shape index (κ1) is 27.3. The molecule has 1 aromatic heterocycles. The summed E-state index contributed by atoms with van der Waals surface area (Å²) in [5, 5.41) is 0. The summed E-state index contributed by atoms with van der Waals surface area (Å²) in [6, 6.07) is 6.23. The van der Waals surface area contributed by atoms with Gasteiger partial charge in [-0.2, -0.15) is 0 Å². The molecular formula is C23H41N3O4SSi. The maximum absolute atomic E-state index is 13.0. The fourth-order valence-corrected chi connectivity index (χ4v) is 5.27. The lowest BCUT2D eigenvalue weighted by molar-refractivity contribution is -0.150. The van der Waals surface area contributed by atoms with Crippen molar-refractivity contribution < 1.29 is 18.8 Å².